The van der Waals surface area contributed by atoms with Gasteiger partial charge in [-0.05, 0) is 75.6 Å². The van der Waals surface area contributed by atoms with E-state index < -0.39 is 114 Å². The second kappa shape index (κ2) is 26.0. The number of imide groups is 1. The van der Waals surface area contributed by atoms with E-state index in [1.807, 2.05) is 0 Å². The van der Waals surface area contributed by atoms with Crippen molar-refractivity contribution in [2.45, 2.75) is 56.5 Å². The number of nitrogens with two attached hydrogens (primary N) is 1. The Morgan fingerprint density at radius 3 is 1.73 bits per heavy atom. The van der Waals surface area contributed by atoms with Gasteiger partial charge in [0.2, 0.25) is 5.65 Å². The van der Waals surface area contributed by atoms with Gasteiger partial charge in [-0.3, -0.25) is 18.7 Å². The smallest absolute Gasteiger partial charge is 0.459 e. The molecule has 2 aliphatic heterocycles. The number of anilines is 2. The Balaban J connectivity index is 0.000000242. The molecule has 4 N–H and O–H groups in total. The number of halogens is 2. The number of carbonyl (C=O) groups excluding carboxylic acids is 4. The number of hydrogen-bond donors (Lipinski definition) is 3. The number of methoxy groups -OCH3 is 2. The van der Waals surface area contributed by atoms with Gasteiger partial charge in [0, 0.05) is 31.4 Å². The predicted octanol–water partition coefficient (Wildman–Crippen LogP) is 6.60. The summed E-state index contributed by atoms with van der Waals surface area (Å²) in [6.07, 6.45) is -5.72. The van der Waals surface area contributed by atoms with E-state index in [0.717, 1.165) is 12.1 Å². The van der Waals surface area contributed by atoms with E-state index in [0.29, 0.717) is 4.90 Å². The molecule has 6 heterocycles. The number of rotatable bonds is 16. The number of fused-ring (bicyclic) bond motifs is 2. The number of nitrogens with zero attached hydrogens (tertiary/aromatic N) is 10. The molecule has 9 aromatic rings. The lowest BCUT2D eigenvalue weighted by Gasteiger charge is -2.23. The van der Waals surface area contributed by atoms with Crippen LogP contribution in [0.4, 0.5) is 26.4 Å². The molecular formula is C57H51F2N11O15. The first-order valence-corrected chi connectivity index (χ1v) is 25.3. The van der Waals surface area contributed by atoms with Gasteiger partial charge in [0.05, 0.1) is 24.1 Å². The Bertz CT molecular complexity index is 3820. The summed E-state index contributed by atoms with van der Waals surface area (Å²) in [5.74, 6) is -6.64. The van der Waals surface area contributed by atoms with Gasteiger partial charge in [-0.15, -0.1) is 0 Å². The van der Waals surface area contributed by atoms with Gasteiger partial charge in [-0.2, -0.15) is 9.97 Å². The van der Waals surface area contributed by atoms with Crippen molar-refractivity contribution in [2.75, 3.05) is 38.1 Å². The average Bonchev–Trinajstić information content (AvgIpc) is 3.17. The zero-order chi connectivity index (χ0) is 59.2. The molecule has 0 bridgehead atoms. The van der Waals surface area contributed by atoms with Gasteiger partial charge in [0.25, 0.3) is 17.6 Å². The second-order valence-electron chi connectivity index (χ2n) is 18.4. The molecule has 0 unspecified atom stereocenters. The highest BCUT2D eigenvalue weighted by molar-refractivity contribution is 6.27. The van der Waals surface area contributed by atoms with Crippen LogP contribution in [0.3, 0.4) is 0 Å². The molecule has 438 valence electrons. The van der Waals surface area contributed by atoms with Crippen LogP contribution in [0.15, 0.2) is 152 Å². The van der Waals surface area contributed by atoms with Gasteiger partial charge in [-0.25, -0.2) is 33.2 Å². The van der Waals surface area contributed by atoms with E-state index in [1.54, 1.807) is 97.1 Å². The number of imidazole rings is 2. The summed E-state index contributed by atoms with van der Waals surface area (Å²) < 4.78 is 69.3. The molecule has 4 aromatic heterocycles. The molecule has 2 saturated heterocycles. The number of esters is 2. The Kier molecular flexibility index (Phi) is 18.2. The maximum Gasteiger partial charge on any atom is 0.473 e. The number of carbonyl (C=O) groups is 4. The minimum atomic E-state index is -1.26. The maximum atomic E-state index is 14.1. The molecule has 0 spiro atoms. The average molecular weight is 1170 g/mol. The largest absolute Gasteiger partial charge is 0.473 e. The van der Waals surface area contributed by atoms with E-state index in [-0.39, 0.29) is 69.6 Å². The number of ether oxygens (including phenoxy) is 7. The van der Waals surface area contributed by atoms with E-state index in [9.17, 15) is 48.3 Å². The molecule has 28 heteroatoms. The van der Waals surface area contributed by atoms with Gasteiger partial charge < -0.3 is 59.2 Å². The van der Waals surface area contributed by atoms with Crippen LogP contribution in [0.2, 0.25) is 0 Å². The fraction of sp³-hybridized carbons (Fsp3) is 0.228. The first-order chi connectivity index (χ1) is 40.7. The third kappa shape index (κ3) is 12.3. The van der Waals surface area contributed by atoms with Crippen molar-refractivity contribution < 1.29 is 76.3 Å². The Morgan fingerprint density at radius 1 is 0.671 bits per heavy atom. The third-order valence-electron chi connectivity index (χ3n) is 13.3. The van der Waals surface area contributed by atoms with Crippen LogP contribution >= 0.6 is 0 Å². The number of amides is 2. The number of aliphatic hydroxyl groups excluding tert-OH is 2. The summed E-state index contributed by atoms with van der Waals surface area (Å²) in [6, 6.07) is 34.8. The Morgan fingerprint density at radius 2 is 1.19 bits per heavy atom. The minimum Gasteiger partial charge on any atom is -0.459 e. The highest BCUT2D eigenvalue weighted by Gasteiger charge is 2.51. The molecule has 0 radical (unpaired) electrons. The number of nitrogen functional groups attached to an aromatic ring is 1. The van der Waals surface area contributed by atoms with E-state index in [2.05, 4.69) is 29.9 Å². The van der Waals surface area contributed by atoms with Crippen molar-refractivity contribution in [1.29, 1.82) is 0 Å². The Hall–Kier alpha value is -10.1. The topological polar surface area (TPSA) is 333 Å². The molecule has 0 saturated carbocycles. The molecular weight excluding hydrogens is 1120 g/mol. The molecule has 11 rings (SSSR count). The van der Waals surface area contributed by atoms with Crippen LogP contribution in [-0.2, 0) is 28.4 Å². The molecule has 5 aromatic carbocycles. The maximum absolute atomic E-state index is 14.1. The van der Waals surface area contributed by atoms with Crippen molar-refractivity contribution in [2.24, 2.45) is 0 Å². The highest BCUT2D eigenvalue weighted by Crippen LogP contribution is 2.39. The van der Waals surface area contributed by atoms with Crippen LogP contribution in [0, 0.1) is 21.7 Å². The number of hydrogen-bond acceptors (Lipinski definition) is 22. The standard InChI is InChI=1S/C39H30N6O10.C17H17F2N5O5.CH4/c1-52-31-30(55-38(49)27-20-12-5-13-21-27)28(22-53-37(48)26-18-10-4-11-19-26)54-36(31)43-23-40-29-32(43)41-39(45(50)51)42-33(29)44(34(46)24-14-6-2-7-15-24)35(47)25-16-8-3-9-17-25;1-27-13-12(26)10(5-25)29-16(13)24-6-21-11-14(20)22-17(23-15(11)24)28-7-2-3-8(18)9(19)4-7;/h2-21,23,28,30-31,36H,22H2,1H3;2-4,6,10,12-13,16,25-26H,5H2,1H3,(H2,20,22,23);1H4/t28-,30-,31-,36-;10-,12-,13-,16-;/m11./s1. The molecule has 85 heavy (non-hydrogen) atoms. The predicted molar refractivity (Wildman–Crippen MR) is 294 cm³/mol. The van der Waals surface area contributed by atoms with Crippen molar-refractivity contribution in [3.63, 3.8) is 0 Å². The lowest BCUT2D eigenvalue weighted by atomic mass is 10.1. The highest BCUT2D eigenvalue weighted by atomic mass is 19.2. The van der Waals surface area contributed by atoms with Crippen LogP contribution in [0.25, 0.3) is 22.3 Å². The number of aliphatic hydroxyl groups is 2. The van der Waals surface area contributed by atoms with Crippen LogP contribution in [0.5, 0.6) is 11.8 Å². The Labute approximate surface area is 480 Å². The van der Waals surface area contributed by atoms with Crippen molar-refractivity contribution in [3.8, 4) is 11.8 Å². The summed E-state index contributed by atoms with van der Waals surface area (Å²) in [5.41, 5.74) is 6.66. The number of benzene rings is 5. The van der Waals surface area contributed by atoms with Crippen LogP contribution < -0.4 is 15.4 Å². The van der Waals surface area contributed by atoms with Crippen LogP contribution in [0.1, 0.15) is 61.3 Å². The quantitative estimate of drug-likeness (QED) is 0.0397. The summed E-state index contributed by atoms with van der Waals surface area (Å²) in [4.78, 5) is 91.5. The normalized spacial score (nSPS) is 19.7. The molecule has 0 aliphatic carbocycles. The van der Waals surface area contributed by atoms with E-state index >= 15 is 0 Å². The summed E-state index contributed by atoms with van der Waals surface area (Å²) in [6.45, 7) is -0.805. The van der Waals surface area contributed by atoms with Gasteiger partial charge in [-0.1, -0.05) is 80.2 Å². The van der Waals surface area contributed by atoms with Gasteiger partial charge in [0.15, 0.2) is 52.7 Å². The zero-order valence-electron chi connectivity index (χ0n) is 44.0. The summed E-state index contributed by atoms with van der Waals surface area (Å²) in [7, 11) is 2.73. The third-order valence-corrected chi connectivity index (χ3v) is 13.3. The number of aromatic nitrogens is 8. The van der Waals surface area contributed by atoms with E-state index in [1.165, 1.54) is 66.3 Å². The molecule has 26 nitrogen and oxygen atoms in total. The fourth-order valence-corrected chi connectivity index (χ4v) is 9.20. The van der Waals surface area contributed by atoms with Crippen molar-refractivity contribution in [3.05, 3.63) is 196 Å². The van der Waals surface area contributed by atoms with Crippen LogP contribution in [-0.4, -0.2) is 142 Å². The zero-order valence-corrected chi connectivity index (χ0v) is 44.0. The minimum absolute atomic E-state index is 0. The summed E-state index contributed by atoms with van der Waals surface area (Å²) in [5, 5.41) is 31.9. The van der Waals surface area contributed by atoms with Crippen molar-refractivity contribution >= 4 is 63.7 Å². The molecule has 2 amide bonds. The molecule has 2 fully saturated rings. The van der Waals surface area contributed by atoms with E-state index in [4.69, 9.17) is 38.9 Å². The first kappa shape index (κ1) is 59.5. The van der Waals surface area contributed by atoms with Gasteiger partial charge >= 0.3 is 23.9 Å². The molecule has 8 atom stereocenters. The van der Waals surface area contributed by atoms with Crippen molar-refractivity contribution in [1.82, 2.24) is 39.0 Å². The SMILES string of the molecule is C.CO[C@@H]1[C@H](O)[C@@H](CO)O[C@H]1n1cnc2c(N)nc(Oc3ccc(F)c(F)c3)nc21.CO[C@@H]1[C@H](OC(=O)c2ccccc2)[C@@H](COC(=O)c2ccccc2)O[C@H]1n1cnc2c(N(C(=O)c3ccccc3)C(=O)c3ccccc3)nc([N+](=O)[O-])nc21. The second-order valence-corrected chi connectivity index (χ2v) is 18.4. The molecule has 2 aliphatic rings. The van der Waals surface area contributed by atoms with Gasteiger partial charge in [0.1, 0.15) is 49.2 Å². The fourth-order valence-electron chi connectivity index (χ4n) is 9.20. The first-order valence-electron chi connectivity index (χ1n) is 25.3. The number of nitro groups is 1. The summed E-state index contributed by atoms with van der Waals surface area (Å²) >= 11 is 0. The lowest BCUT2D eigenvalue weighted by Crippen LogP contribution is -2.39. The monoisotopic (exact) mass is 1170 g/mol. The lowest BCUT2D eigenvalue weighted by molar-refractivity contribution is -0.394.